The summed E-state index contributed by atoms with van der Waals surface area (Å²) in [5.74, 6) is -1.67. The molecule has 276 valence electrons. The molecule has 0 aliphatic rings. The second-order valence-electron chi connectivity index (χ2n) is 11.1. The highest BCUT2D eigenvalue weighted by Gasteiger charge is 2.13. The summed E-state index contributed by atoms with van der Waals surface area (Å²) >= 11 is 0. The van der Waals surface area contributed by atoms with Crippen molar-refractivity contribution in [2.24, 2.45) is 0 Å². The van der Waals surface area contributed by atoms with Crippen LogP contribution in [0.5, 0.6) is 17.2 Å². The molecule has 0 aliphatic heterocycles. The summed E-state index contributed by atoms with van der Waals surface area (Å²) in [4.78, 5) is 60.1. The van der Waals surface area contributed by atoms with Gasteiger partial charge in [-0.15, -0.1) is 0 Å². The molecule has 0 atom stereocenters. The first-order valence-corrected chi connectivity index (χ1v) is 16.3. The van der Waals surface area contributed by atoms with Crippen LogP contribution in [0.25, 0.3) is 0 Å². The number of hydrogen-bond acceptors (Lipinski definition) is 12. The van der Waals surface area contributed by atoms with Gasteiger partial charge in [0.2, 0.25) is 0 Å². The number of carbonyl (C=O) groups is 5. The average Bonchev–Trinajstić information content (AvgIpc) is 3.15. The summed E-state index contributed by atoms with van der Waals surface area (Å²) in [6, 6.07) is 18.4. The van der Waals surface area contributed by atoms with E-state index < -0.39 is 29.8 Å². The molecule has 0 aliphatic carbocycles. The maximum Gasteiger partial charge on any atom is 0.343 e. The Morgan fingerprint density at radius 3 is 1.43 bits per heavy atom. The van der Waals surface area contributed by atoms with Gasteiger partial charge in [0.25, 0.3) is 0 Å². The van der Waals surface area contributed by atoms with Crippen LogP contribution in [-0.4, -0.2) is 56.3 Å². The van der Waals surface area contributed by atoms with Crippen molar-refractivity contribution >= 4 is 29.8 Å². The zero-order valence-electron chi connectivity index (χ0n) is 29.3. The van der Waals surface area contributed by atoms with Crippen LogP contribution >= 0.6 is 0 Å². The van der Waals surface area contributed by atoms with Crippen molar-refractivity contribution in [3.63, 3.8) is 0 Å². The number of hydrogen-bond donors (Lipinski definition) is 0. The van der Waals surface area contributed by atoms with E-state index in [1.54, 1.807) is 55.5 Å². The van der Waals surface area contributed by atoms with Gasteiger partial charge in [-0.25, -0.2) is 24.0 Å². The van der Waals surface area contributed by atoms with Gasteiger partial charge in [-0.05, 0) is 105 Å². The van der Waals surface area contributed by atoms with Crippen LogP contribution in [0.1, 0.15) is 57.3 Å². The van der Waals surface area contributed by atoms with E-state index in [-0.39, 0.29) is 47.2 Å². The fourth-order valence-corrected chi connectivity index (χ4v) is 3.97. The van der Waals surface area contributed by atoms with Crippen LogP contribution in [0.3, 0.4) is 0 Å². The van der Waals surface area contributed by atoms with E-state index >= 15 is 0 Å². The summed E-state index contributed by atoms with van der Waals surface area (Å²) in [5, 5.41) is 0. The molecule has 0 unspecified atom stereocenters. The Hall–Kier alpha value is -6.69. The Morgan fingerprint density at radius 2 is 0.962 bits per heavy atom. The van der Waals surface area contributed by atoms with Crippen molar-refractivity contribution in [1.29, 1.82) is 0 Å². The zero-order valence-corrected chi connectivity index (χ0v) is 29.3. The molecule has 0 heterocycles. The highest BCUT2D eigenvalue weighted by molar-refractivity contribution is 5.92. The molecule has 53 heavy (non-hydrogen) atoms. The summed E-state index contributed by atoms with van der Waals surface area (Å²) < 4.78 is 37.0. The van der Waals surface area contributed by atoms with Crippen molar-refractivity contribution < 1.29 is 57.1 Å². The summed E-state index contributed by atoms with van der Waals surface area (Å²) in [6.45, 7) is 17.0. The predicted octanol–water partition coefficient (Wildman–Crippen LogP) is 7.28. The van der Waals surface area contributed by atoms with E-state index in [0.29, 0.717) is 49.5 Å². The van der Waals surface area contributed by atoms with Crippen molar-refractivity contribution in [1.82, 2.24) is 0 Å². The second kappa shape index (κ2) is 21.5. The van der Waals surface area contributed by atoms with E-state index in [1.165, 1.54) is 36.4 Å². The molecule has 0 saturated carbocycles. The quantitative estimate of drug-likeness (QED) is 0.0207. The Morgan fingerprint density at radius 1 is 0.547 bits per heavy atom. The summed E-state index contributed by atoms with van der Waals surface area (Å²) in [5.41, 5.74) is 1.04. The van der Waals surface area contributed by atoms with E-state index in [0.717, 1.165) is 6.08 Å². The van der Waals surface area contributed by atoms with Crippen LogP contribution in [0, 0.1) is 0 Å². The maximum absolute atomic E-state index is 12.6. The first-order valence-electron chi connectivity index (χ1n) is 16.3. The molecule has 12 heteroatoms. The third-order valence-electron chi connectivity index (χ3n) is 6.74. The van der Waals surface area contributed by atoms with Gasteiger partial charge in [0, 0.05) is 18.1 Å². The van der Waals surface area contributed by atoms with Crippen molar-refractivity contribution in [2.45, 2.75) is 26.2 Å². The molecule has 3 rings (SSSR count). The number of unbranched alkanes of at least 4 members (excludes halogenated alkanes) is 1. The Labute approximate surface area is 307 Å². The lowest BCUT2D eigenvalue weighted by Crippen LogP contribution is -2.10. The SMILES string of the molecule is C=CC(=O)OCCCCOc1ccc(C(=O)OC(=C)/C=C\C(=C)OC(=O)c2ccc(OC(=O)c3ccc(OCCCOC(=O)C(=C)C)cc3)cc2)cc1. The molecule has 0 N–H and O–H groups in total. The third-order valence-corrected chi connectivity index (χ3v) is 6.74. The standard InChI is InChI=1S/C41H40O12/c1-6-37(42)49-25-8-7-24-47-34-18-12-31(13-19-34)39(44)51-29(4)10-11-30(5)52-40(45)32-16-22-36(23-17-32)53-41(46)33-14-20-35(21-15-33)48-26-9-27-50-38(43)28(2)3/h6,10-23H,1-2,4-5,7-9,24-27H2,3H3/b11-10-. The lowest BCUT2D eigenvalue weighted by molar-refractivity contribution is -0.139. The predicted molar refractivity (Wildman–Crippen MR) is 194 cm³/mol. The minimum atomic E-state index is -0.719. The largest absolute Gasteiger partial charge is 0.494 e. The van der Waals surface area contributed by atoms with Gasteiger partial charge in [0.15, 0.2) is 0 Å². The van der Waals surface area contributed by atoms with Crippen LogP contribution in [0.4, 0.5) is 0 Å². The second-order valence-corrected chi connectivity index (χ2v) is 11.1. The van der Waals surface area contributed by atoms with E-state index in [1.807, 2.05) is 0 Å². The van der Waals surface area contributed by atoms with Crippen LogP contribution in [0.15, 0.2) is 134 Å². The maximum atomic E-state index is 12.6. The van der Waals surface area contributed by atoms with Gasteiger partial charge in [0.05, 0.1) is 43.1 Å². The molecule has 0 fully saturated rings. The molecule has 0 bridgehead atoms. The Kier molecular flexibility index (Phi) is 16.5. The molecule has 12 nitrogen and oxygen atoms in total. The summed E-state index contributed by atoms with van der Waals surface area (Å²) in [7, 11) is 0. The van der Waals surface area contributed by atoms with Crippen molar-refractivity contribution in [3.8, 4) is 17.2 Å². The van der Waals surface area contributed by atoms with Crippen molar-refractivity contribution in [3.05, 3.63) is 151 Å². The first-order chi connectivity index (χ1) is 25.4. The minimum absolute atomic E-state index is 0.0168. The topological polar surface area (TPSA) is 150 Å². The van der Waals surface area contributed by atoms with Gasteiger partial charge in [-0.1, -0.05) is 26.3 Å². The lowest BCUT2D eigenvalue weighted by atomic mass is 10.2. The van der Waals surface area contributed by atoms with Gasteiger partial charge in [-0.2, -0.15) is 0 Å². The van der Waals surface area contributed by atoms with Crippen LogP contribution in [-0.2, 0) is 28.5 Å². The molecule has 0 spiro atoms. The van der Waals surface area contributed by atoms with Crippen LogP contribution < -0.4 is 14.2 Å². The van der Waals surface area contributed by atoms with Gasteiger partial charge < -0.3 is 33.2 Å². The highest BCUT2D eigenvalue weighted by Crippen LogP contribution is 2.19. The monoisotopic (exact) mass is 724 g/mol. The molecule has 0 saturated heterocycles. The fourth-order valence-electron chi connectivity index (χ4n) is 3.97. The van der Waals surface area contributed by atoms with Gasteiger partial charge in [0.1, 0.15) is 28.8 Å². The van der Waals surface area contributed by atoms with Gasteiger partial charge >= 0.3 is 29.8 Å². The highest BCUT2D eigenvalue weighted by atomic mass is 16.6. The molecular weight excluding hydrogens is 684 g/mol. The van der Waals surface area contributed by atoms with E-state index in [9.17, 15) is 24.0 Å². The summed E-state index contributed by atoms with van der Waals surface area (Å²) in [6.07, 6.45) is 5.54. The number of allylic oxidation sites excluding steroid dienone is 2. The molecule has 3 aromatic rings. The number of ether oxygens (including phenoxy) is 7. The van der Waals surface area contributed by atoms with Crippen LogP contribution in [0.2, 0.25) is 0 Å². The number of rotatable bonds is 21. The molecule has 0 aromatic heterocycles. The first kappa shape index (κ1) is 40.7. The Balaban J connectivity index is 1.36. The average molecular weight is 725 g/mol. The number of benzene rings is 3. The lowest BCUT2D eigenvalue weighted by Gasteiger charge is -2.09. The third kappa shape index (κ3) is 15.0. The number of esters is 5. The normalized spacial score (nSPS) is 10.4. The molecular formula is C41H40O12. The zero-order chi connectivity index (χ0) is 38.6. The van der Waals surface area contributed by atoms with E-state index in [2.05, 4.69) is 26.3 Å². The van der Waals surface area contributed by atoms with Gasteiger partial charge in [-0.3, -0.25) is 0 Å². The fraction of sp³-hybridized carbons (Fsp3) is 0.195. The molecule has 0 radical (unpaired) electrons. The number of carbonyl (C=O) groups excluding carboxylic acids is 5. The molecule has 3 aromatic carbocycles. The smallest absolute Gasteiger partial charge is 0.343 e. The minimum Gasteiger partial charge on any atom is -0.494 e. The van der Waals surface area contributed by atoms with Crippen molar-refractivity contribution in [2.75, 3.05) is 26.4 Å². The van der Waals surface area contributed by atoms with E-state index in [4.69, 9.17) is 33.2 Å². The molecule has 0 amide bonds. The Bertz CT molecular complexity index is 1820.